The number of aryl methyl sites for hydroxylation is 1. The first-order valence-electron chi connectivity index (χ1n) is 3.28. The predicted octanol–water partition coefficient (Wildman–Crippen LogP) is 2.51. The van der Waals surface area contributed by atoms with Gasteiger partial charge in [-0.1, -0.05) is 17.7 Å². The number of halogens is 2. The van der Waals surface area contributed by atoms with Gasteiger partial charge in [0.2, 0.25) is 0 Å². The molecule has 0 aromatic heterocycles. The Kier molecular flexibility index (Phi) is 2.75. The van der Waals surface area contributed by atoms with Crippen molar-refractivity contribution in [3.63, 3.8) is 0 Å². The first-order valence-corrected chi connectivity index (χ1v) is 4.45. The number of amides is 1. The Bertz CT molecular complexity index is 338. The minimum atomic E-state index is -0.501. The standard InChI is InChI=1S/C8H7BrClNO/c1-4-2-3-5(9)7(10)6(4)8(11)12/h2-3H,1H3,(H2,11,12). The second-order valence-corrected chi connectivity index (χ2v) is 3.65. The second kappa shape index (κ2) is 3.46. The van der Waals surface area contributed by atoms with Crippen LogP contribution in [0.1, 0.15) is 15.9 Å². The molecule has 1 aromatic carbocycles. The lowest BCUT2D eigenvalue weighted by molar-refractivity contribution is 0.1000. The van der Waals surface area contributed by atoms with Gasteiger partial charge in [0.05, 0.1) is 10.6 Å². The average molecular weight is 249 g/mol. The zero-order valence-electron chi connectivity index (χ0n) is 6.40. The Morgan fingerprint density at radius 3 is 2.58 bits per heavy atom. The molecule has 0 radical (unpaired) electrons. The van der Waals surface area contributed by atoms with Crippen LogP contribution in [0.15, 0.2) is 16.6 Å². The lowest BCUT2D eigenvalue weighted by Gasteiger charge is -2.04. The van der Waals surface area contributed by atoms with E-state index in [1.165, 1.54) is 0 Å². The van der Waals surface area contributed by atoms with E-state index in [0.29, 0.717) is 15.1 Å². The van der Waals surface area contributed by atoms with Crippen molar-refractivity contribution < 1.29 is 4.79 Å². The van der Waals surface area contributed by atoms with Gasteiger partial charge in [0.25, 0.3) is 5.91 Å². The van der Waals surface area contributed by atoms with Gasteiger partial charge in [0.15, 0.2) is 0 Å². The molecule has 0 heterocycles. The van der Waals surface area contributed by atoms with E-state index in [4.69, 9.17) is 17.3 Å². The molecule has 0 spiro atoms. The lowest BCUT2D eigenvalue weighted by atomic mass is 10.1. The maximum atomic E-state index is 10.9. The summed E-state index contributed by atoms with van der Waals surface area (Å²) < 4.78 is 0.684. The number of rotatable bonds is 1. The van der Waals surface area contributed by atoms with Crippen molar-refractivity contribution in [1.82, 2.24) is 0 Å². The summed E-state index contributed by atoms with van der Waals surface area (Å²) in [4.78, 5) is 10.9. The Morgan fingerprint density at radius 2 is 2.17 bits per heavy atom. The van der Waals surface area contributed by atoms with Crippen LogP contribution in [0.5, 0.6) is 0 Å². The number of carbonyl (C=O) groups is 1. The van der Waals surface area contributed by atoms with E-state index in [2.05, 4.69) is 15.9 Å². The Hall–Kier alpha value is -0.540. The summed E-state index contributed by atoms with van der Waals surface area (Å²) in [5.41, 5.74) is 6.31. The number of benzene rings is 1. The largest absolute Gasteiger partial charge is 0.366 e. The first-order chi connectivity index (χ1) is 5.54. The molecular formula is C8H7BrClNO. The number of nitrogens with two attached hydrogens (primary N) is 1. The topological polar surface area (TPSA) is 43.1 Å². The van der Waals surface area contributed by atoms with E-state index < -0.39 is 5.91 Å². The van der Waals surface area contributed by atoms with Crippen LogP contribution in [0.25, 0.3) is 0 Å². The molecule has 12 heavy (non-hydrogen) atoms. The van der Waals surface area contributed by atoms with Crippen molar-refractivity contribution in [2.45, 2.75) is 6.92 Å². The maximum absolute atomic E-state index is 10.9. The quantitative estimate of drug-likeness (QED) is 0.815. The average Bonchev–Trinajstić information content (AvgIpc) is 1.97. The van der Waals surface area contributed by atoms with Gasteiger partial charge in [-0.3, -0.25) is 4.79 Å². The van der Waals surface area contributed by atoms with Crippen molar-refractivity contribution in [2.24, 2.45) is 5.73 Å². The molecule has 0 bridgehead atoms. The highest BCUT2D eigenvalue weighted by atomic mass is 79.9. The van der Waals surface area contributed by atoms with Crippen LogP contribution in [-0.2, 0) is 0 Å². The summed E-state index contributed by atoms with van der Waals surface area (Å²) in [5, 5.41) is 0.377. The van der Waals surface area contributed by atoms with Gasteiger partial charge in [-0.2, -0.15) is 0 Å². The van der Waals surface area contributed by atoms with Gasteiger partial charge in [0.1, 0.15) is 0 Å². The summed E-state index contributed by atoms with van der Waals surface area (Å²) >= 11 is 9.05. The fraction of sp³-hybridized carbons (Fsp3) is 0.125. The molecule has 4 heteroatoms. The van der Waals surface area contributed by atoms with Gasteiger partial charge in [-0.25, -0.2) is 0 Å². The summed E-state index contributed by atoms with van der Waals surface area (Å²) in [5.74, 6) is -0.501. The molecule has 0 aliphatic rings. The maximum Gasteiger partial charge on any atom is 0.250 e. The van der Waals surface area contributed by atoms with Gasteiger partial charge in [-0.05, 0) is 34.5 Å². The predicted molar refractivity (Wildman–Crippen MR) is 52.4 cm³/mol. The van der Waals surface area contributed by atoms with E-state index in [1.807, 2.05) is 0 Å². The van der Waals surface area contributed by atoms with E-state index in [0.717, 1.165) is 5.56 Å². The van der Waals surface area contributed by atoms with E-state index in [1.54, 1.807) is 19.1 Å². The fourth-order valence-electron chi connectivity index (χ4n) is 0.950. The molecule has 2 N–H and O–H groups in total. The molecule has 1 rings (SSSR count). The van der Waals surface area contributed by atoms with Gasteiger partial charge in [0, 0.05) is 4.47 Å². The van der Waals surface area contributed by atoms with Crippen LogP contribution in [-0.4, -0.2) is 5.91 Å². The highest BCUT2D eigenvalue weighted by Gasteiger charge is 2.11. The van der Waals surface area contributed by atoms with Crippen LogP contribution in [0.4, 0.5) is 0 Å². The normalized spacial score (nSPS) is 9.92. The molecule has 0 unspecified atom stereocenters. The van der Waals surface area contributed by atoms with Crippen molar-refractivity contribution in [2.75, 3.05) is 0 Å². The number of hydrogen-bond acceptors (Lipinski definition) is 1. The summed E-state index contributed by atoms with van der Waals surface area (Å²) in [6, 6.07) is 3.57. The highest BCUT2D eigenvalue weighted by Crippen LogP contribution is 2.28. The van der Waals surface area contributed by atoms with Gasteiger partial charge < -0.3 is 5.73 Å². The van der Waals surface area contributed by atoms with Crippen LogP contribution in [0, 0.1) is 6.92 Å². The Balaban J connectivity index is 3.43. The van der Waals surface area contributed by atoms with Crippen molar-refractivity contribution in [1.29, 1.82) is 0 Å². The van der Waals surface area contributed by atoms with Crippen LogP contribution in [0.2, 0.25) is 5.02 Å². The van der Waals surface area contributed by atoms with E-state index in [-0.39, 0.29) is 0 Å². The molecule has 0 fully saturated rings. The smallest absolute Gasteiger partial charge is 0.250 e. The molecule has 2 nitrogen and oxygen atoms in total. The molecule has 64 valence electrons. The second-order valence-electron chi connectivity index (χ2n) is 2.42. The third-order valence-electron chi connectivity index (χ3n) is 1.55. The third-order valence-corrected chi connectivity index (χ3v) is 2.83. The molecular weight excluding hydrogens is 241 g/mol. The summed E-state index contributed by atoms with van der Waals surface area (Å²) in [7, 11) is 0. The first kappa shape index (κ1) is 9.55. The van der Waals surface area contributed by atoms with Crippen molar-refractivity contribution in [3.05, 3.63) is 32.8 Å². The van der Waals surface area contributed by atoms with Crippen LogP contribution >= 0.6 is 27.5 Å². The van der Waals surface area contributed by atoms with Gasteiger partial charge >= 0.3 is 0 Å². The number of carbonyl (C=O) groups excluding carboxylic acids is 1. The fourth-order valence-corrected chi connectivity index (χ4v) is 1.59. The van der Waals surface area contributed by atoms with E-state index in [9.17, 15) is 4.79 Å². The molecule has 0 saturated heterocycles. The van der Waals surface area contributed by atoms with Gasteiger partial charge in [-0.15, -0.1) is 0 Å². The zero-order chi connectivity index (χ0) is 9.30. The molecule has 0 saturated carbocycles. The third kappa shape index (κ3) is 1.62. The summed E-state index contributed by atoms with van der Waals surface area (Å²) in [6.07, 6.45) is 0. The van der Waals surface area contributed by atoms with Crippen molar-refractivity contribution >= 4 is 33.4 Å². The lowest BCUT2D eigenvalue weighted by Crippen LogP contribution is -2.13. The van der Waals surface area contributed by atoms with Crippen LogP contribution in [0.3, 0.4) is 0 Å². The highest BCUT2D eigenvalue weighted by molar-refractivity contribution is 9.10. The van der Waals surface area contributed by atoms with Crippen LogP contribution < -0.4 is 5.73 Å². The van der Waals surface area contributed by atoms with E-state index >= 15 is 0 Å². The summed E-state index contributed by atoms with van der Waals surface area (Å²) in [6.45, 7) is 1.79. The number of hydrogen-bond donors (Lipinski definition) is 1. The molecule has 0 aliphatic carbocycles. The SMILES string of the molecule is Cc1ccc(Br)c(Cl)c1C(N)=O. The Labute approximate surface area is 83.8 Å². The minimum absolute atomic E-state index is 0.377. The van der Waals surface area contributed by atoms with Crippen molar-refractivity contribution in [3.8, 4) is 0 Å². The monoisotopic (exact) mass is 247 g/mol. The number of primary amides is 1. The minimum Gasteiger partial charge on any atom is -0.366 e. The molecule has 0 atom stereocenters. The Morgan fingerprint density at radius 1 is 1.58 bits per heavy atom. The zero-order valence-corrected chi connectivity index (χ0v) is 8.74. The molecule has 0 aliphatic heterocycles. The molecule has 1 aromatic rings. The molecule has 1 amide bonds.